The second-order valence-corrected chi connectivity index (χ2v) is 8.79. The molecule has 0 bridgehead atoms. The first kappa shape index (κ1) is 24.7. The first-order valence-corrected chi connectivity index (χ1v) is 10.4. The van der Waals surface area contributed by atoms with Crippen LogP contribution in [0.1, 0.15) is 60.3 Å². The first-order chi connectivity index (χ1) is 13.1. The Labute approximate surface area is 170 Å². The Morgan fingerprint density at radius 3 is 2.50 bits per heavy atom. The normalized spacial score (nSPS) is 16.7. The van der Waals surface area contributed by atoms with Crippen LogP contribution in [-0.2, 0) is 14.3 Å². The van der Waals surface area contributed by atoms with E-state index in [2.05, 4.69) is 24.1 Å². The lowest BCUT2D eigenvalue weighted by Gasteiger charge is -2.30. The summed E-state index contributed by atoms with van der Waals surface area (Å²) in [4.78, 5) is 12.7. The molecule has 1 fully saturated rings. The van der Waals surface area contributed by atoms with Crippen molar-refractivity contribution >= 4 is 5.91 Å². The summed E-state index contributed by atoms with van der Waals surface area (Å²) in [5.74, 6) is 1.02. The molecule has 3 N–H and O–H groups in total. The van der Waals surface area contributed by atoms with Gasteiger partial charge in [0.05, 0.1) is 18.8 Å². The fraction of sp³-hybridized carbons (Fsp3) is 0.773. The van der Waals surface area contributed by atoms with Gasteiger partial charge >= 0.3 is 0 Å². The van der Waals surface area contributed by atoms with Crippen molar-refractivity contribution < 1.29 is 19.4 Å². The average Bonchev–Trinajstić information content (AvgIpc) is 2.66. The lowest BCUT2D eigenvalue weighted by Crippen LogP contribution is -2.53. The van der Waals surface area contributed by atoms with Crippen LogP contribution in [0.5, 0.6) is 0 Å². The Bertz CT molecular complexity index is 535. The van der Waals surface area contributed by atoms with Crippen LogP contribution in [0.15, 0.2) is 24.1 Å². The molecule has 0 spiro atoms. The number of nitrogens with one attached hydrogen (secondary N) is 2. The summed E-state index contributed by atoms with van der Waals surface area (Å²) in [6.07, 6.45) is 5.72. The van der Waals surface area contributed by atoms with Gasteiger partial charge in [-0.05, 0) is 51.6 Å². The van der Waals surface area contributed by atoms with Crippen LogP contribution in [0.4, 0.5) is 0 Å². The molecular weight excluding hydrogens is 356 g/mol. The molecule has 162 valence electrons. The van der Waals surface area contributed by atoms with Gasteiger partial charge in [0, 0.05) is 24.3 Å². The lowest BCUT2D eigenvalue weighted by atomic mass is 9.91. The molecule has 0 aromatic carbocycles. The zero-order chi connectivity index (χ0) is 21.2. The number of aliphatic hydroxyl groups excluding tert-OH is 1. The van der Waals surface area contributed by atoms with Crippen molar-refractivity contribution in [3.8, 4) is 0 Å². The van der Waals surface area contributed by atoms with Crippen molar-refractivity contribution in [2.24, 2.45) is 11.3 Å². The first-order valence-electron chi connectivity index (χ1n) is 10.4. The van der Waals surface area contributed by atoms with Crippen molar-refractivity contribution in [1.29, 1.82) is 0 Å². The highest BCUT2D eigenvalue weighted by molar-refractivity contribution is 5.87. The fourth-order valence-electron chi connectivity index (χ4n) is 2.76. The number of carbonyl (C=O) groups is 1. The number of hydrogen-bond acceptors (Lipinski definition) is 5. The molecule has 0 unspecified atom stereocenters. The SMILES string of the molecule is C=C(/C=C(\OCCCC)C(C)(C)CO)NC(=O)C(C)(C)NCC1CCOCC1. The third kappa shape index (κ3) is 8.33. The molecule has 6 heteroatoms. The summed E-state index contributed by atoms with van der Waals surface area (Å²) in [6, 6.07) is 0. The van der Waals surface area contributed by atoms with E-state index in [1.165, 1.54) is 0 Å². The summed E-state index contributed by atoms with van der Waals surface area (Å²) in [5.41, 5.74) is -0.803. The zero-order valence-electron chi connectivity index (χ0n) is 18.4. The molecule has 1 amide bonds. The van der Waals surface area contributed by atoms with Gasteiger partial charge in [0.25, 0.3) is 0 Å². The minimum absolute atomic E-state index is 0.0513. The molecule has 1 aliphatic heterocycles. The van der Waals surface area contributed by atoms with Crippen LogP contribution in [0.3, 0.4) is 0 Å². The number of amides is 1. The topological polar surface area (TPSA) is 79.8 Å². The number of ether oxygens (including phenoxy) is 2. The largest absolute Gasteiger partial charge is 0.497 e. The minimum atomic E-state index is -0.717. The van der Waals surface area contributed by atoms with Crippen LogP contribution in [0.25, 0.3) is 0 Å². The predicted octanol–water partition coefficient (Wildman–Crippen LogP) is 3.13. The molecule has 1 aliphatic rings. The Hall–Kier alpha value is -1.37. The van der Waals surface area contributed by atoms with Crippen molar-refractivity contribution in [2.45, 2.75) is 65.8 Å². The Morgan fingerprint density at radius 1 is 1.29 bits per heavy atom. The predicted molar refractivity (Wildman–Crippen MR) is 113 cm³/mol. The van der Waals surface area contributed by atoms with Crippen molar-refractivity contribution in [1.82, 2.24) is 10.6 Å². The van der Waals surface area contributed by atoms with Crippen LogP contribution in [0, 0.1) is 11.3 Å². The highest BCUT2D eigenvalue weighted by Gasteiger charge is 2.29. The number of carbonyl (C=O) groups excluding carboxylic acids is 1. The van der Waals surface area contributed by atoms with E-state index in [1.54, 1.807) is 6.08 Å². The molecule has 0 aliphatic carbocycles. The average molecular weight is 397 g/mol. The molecular formula is C22H40N2O4. The maximum atomic E-state index is 12.7. The molecule has 0 saturated carbocycles. The quantitative estimate of drug-likeness (QED) is 0.268. The molecule has 0 atom stereocenters. The second kappa shape index (κ2) is 11.6. The Balaban J connectivity index is 2.67. The van der Waals surface area contributed by atoms with Gasteiger partial charge in [-0.2, -0.15) is 0 Å². The molecule has 0 aromatic rings. The number of allylic oxidation sites excluding steroid dienone is 1. The molecule has 28 heavy (non-hydrogen) atoms. The molecule has 0 aromatic heterocycles. The minimum Gasteiger partial charge on any atom is -0.497 e. The van der Waals surface area contributed by atoms with E-state index in [9.17, 15) is 9.90 Å². The van der Waals surface area contributed by atoms with E-state index < -0.39 is 11.0 Å². The number of rotatable bonds is 12. The standard InChI is InChI=1S/C22H40N2O4/c1-7-8-11-28-19(21(3,4)16-25)14-17(2)24-20(26)22(5,6)23-15-18-9-12-27-13-10-18/h14,18,23,25H,2,7-13,15-16H2,1,3-6H3,(H,24,26)/b19-14-. The Kier molecular flexibility index (Phi) is 10.2. The summed E-state index contributed by atoms with van der Waals surface area (Å²) >= 11 is 0. The van der Waals surface area contributed by atoms with Crippen LogP contribution in [-0.4, -0.2) is 49.5 Å². The van der Waals surface area contributed by atoms with Crippen LogP contribution >= 0.6 is 0 Å². The summed E-state index contributed by atoms with van der Waals surface area (Å²) in [6.45, 7) is 16.5. The highest BCUT2D eigenvalue weighted by Crippen LogP contribution is 2.27. The maximum Gasteiger partial charge on any atom is 0.244 e. The molecule has 1 saturated heterocycles. The van der Waals surface area contributed by atoms with Crippen molar-refractivity contribution in [3.63, 3.8) is 0 Å². The molecule has 1 rings (SSSR count). The number of hydrogen-bond donors (Lipinski definition) is 3. The van der Waals surface area contributed by atoms with Gasteiger partial charge in [-0.1, -0.05) is 33.8 Å². The maximum absolute atomic E-state index is 12.7. The van der Waals surface area contributed by atoms with Gasteiger partial charge in [0.2, 0.25) is 5.91 Å². The van der Waals surface area contributed by atoms with E-state index in [0.29, 0.717) is 24.0 Å². The van der Waals surface area contributed by atoms with E-state index >= 15 is 0 Å². The van der Waals surface area contributed by atoms with Crippen LogP contribution < -0.4 is 10.6 Å². The Morgan fingerprint density at radius 2 is 1.93 bits per heavy atom. The van der Waals surface area contributed by atoms with E-state index in [1.807, 2.05) is 27.7 Å². The summed E-state index contributed by atoms with van der Waals surface area (Å²) in [7, 11) is 0. The van der Waals surface area contributed by atoms with E-state index in [4.69, 9.17) is 9.47 Å². The fourth-order valence-corrected chi connectivity index (χ4v) is 2.76. The third-order valence-corrected chi connectivity index (χ3v) is 5.14. The summed E-state index contributed by atoms with van der Waals surface area (Å²) in [5, 5.41) is 15.9. The zero-order valence-corrected chi connectivity index (χ0v) is 18.4. The monoisotopic (exact) mass is 396 g/mol. The smallest absolute Gasteiger partial charge is 0.244 e. The molecule has 1 heterocycles. The molecule has 0 radical (unpaired) electrons. The van der Waals surface area contributed by atoms with Gasteiger partial charge in [-0.25, -0.2) is 0 Å². The van der Waals surface area contributed by atoms with Crippen molar-refractivity contribution in [2.75, 3.05) is 33.0 Å². The molecule has 6 nitrogen and oxygen atoms in total. The second-order valence-electron chi connectivity index (χ2n) is 8.79. The van der Waals surface area contributed by atoms with Gasteiger partial charge < -0.3 is 25.2 Å². The van der Waals surface area contributed by atoms with Crippen LogP contribution in [0.2, 0.25) is 0 Å². The highest BCUT2D eigenvalue weighted by atomic mass is 16.5. The van der Waals surface area contributed by atoms with E-state index in [-0.39, 0.29) is 12.5 Å². The number of unbranched alkanes of at least 4 members (excludes halogenated alkanes) is 1. The lowest BCUT2D eigenvalue weighted by molar-refractivity contribution is -0.125. The van der Waals surface area contributed by atoms with E-state index in [0.717, 1.165) is 45.4 Å². The number of aliphatic hydroxyl groups is 1. The third-order valence-electron chi connectivity index (χ3n) is 5.14. The van der Waals surface area contributed by atoms with Gasteiger partial charge in [0.1, 0.15) is 5.76 Å². The van der Waals surface area contributed by atoms with Gasteiger partial charge in [-0.3, -0.25) is 4.79 Å². The van der Waals surface area contributed by atoms with Gasteiger partial charge in [0.15, 0.2) is 0 Å². The van der Waals surface area contributed by atoms with Crippen molar-refractivity contribution in [3.05, 3.63) is 24.1 Å². The summed E-state index contributed by atoms with van der Waals surface area (Å²) < 4.78 is 11.3. The van der Waals surface area contributed by atoms with Gasteiger partial charge in [-0.15, -0.1) is 0 Å².